The fraction of sp³-hybridized carbons (Fsp3) is 0.889. The van der Waals surface area contributed by atoms with Crippen LogP contribution < -0.4 is 0 Å². The Morgan fingerprint density at radius 1 is 1.10 bits per heavy atom. The van der Waals surface area contributed by atoms with Crippen LogP contribution in [0.2, 0.25) is 0 Å². The maximum absolute atomic E-state index is 11.5. The molecule has 7 atom stereocenters. The number of fused-ring (bicyclic) bond motifs is 4. The number of rotatable bonds is 0. The molecular formula is C18H26O2. The molecular weight excluding hydrogens is 248 g/mol. The second-order valence-corrected chi connectivity index (χ2v) is 8.46. The molecule has 1 spiro atoms. The van der Waals surface area contributed by atoms with Gasteiger partial charge in [-0.15, -0.1) is 0 Å². The summed E-state index contributed by atoms with van der Waals surface area (Å²) < 4.78 is 6.05. The zero-order valence-corrected chi connectivity index (χ0v) is 12.5. The highest BCUT2D eigenvalue weighted by Crippen LogP contribution is 2.67. The van der Waals surface area contributed by atoms with Crippen molar-refractivity contribution in [1.29, 1.82) is 0 Å². The van der Waals surface area contributed by atoms with Gasteiger partial charge in [0.2, 0.25) is 0 Å². The summed E-state index contributed by atoms with van der Waals surface area (Å²) in [6.07, 6.45) is 14.8. The maximum Gasteiger partial charge on any atom is 0.127 e. The van der Waals surface area contributed by atoms with Crippen LogP contribution in [0.25, 0.3) is 0 Å². The Labute approximate surface area is 121 Å². The molecule has 3 saturated carbocycles. The Balaban J connectivity index is 1.55. The van der Waals surface area contributed by atoms with Crippen LogP contribution in [0.4, 0.5) is 0 Å². The van der Waals surface area contributed by atoms with Gasteiger partial charge in [0, 0.05) is 0 Å². The Morgan fingerprint density at radius 3 is 2.90 bits per heavy atom. The van der Waals surface area contributed by atoms with E-state index in [0.29, 0.717) is 17.4 Å². The van der Waals surface area contributed by atoms with Crippen LogP contribution in [-0.2, 0) is 4.74 Å². The zero-order valence-electron chi connectivity index (χ0n) is 12.5. The van der Waals surface area contributed by atoms with E-state index in [1.54, 1.807) is 0 Å². The largest absolute Gasteiger partial charge is 0.382 e. The summed E-state index contributed by atoms with van der Waals surface area (Å²) in [6, 6.07) is 0. The normalized spacial score (nSPS) is 63.1. The van der Waals surface area contributed by atoms with E-state index in [1.807, 2.05) is 0 Å². The van der Waals surface area contributed by atoms with Gasteiger partial charge in [0.1, 0.15) is 11.2 Å². The van der Waals surface area contributed by atoms with E-state index in [2.05, 4.69) is 19.1 Å². The Bertz CT molecular complexity index is 486. The van der Waals surface area contributed by atoms with Gasteiger partial charge in [0.05, 0.1) is 6.10 Å². The summed E-state index contributed by atoms with van der Waals surface area (Å²) in [5.41, 5.74) is -0.262. The predicted octanol–water partition coefficient (Wildman–Crippen LogP) is 3.44. The van der Waals surface area contributed by atoms with Crippen LogP contribution >= 0.6 is 0 Å². The smallest absolute Gasteiger partial charge is 0.127 e. The van der Waals surface area contributed by atoms with Crippen LogP contribution in [0.5, 0.6) is 0 Å². The van der Waals surface area contributed by atoms with Crippen LogP contribution in [0.15, 0.2) is 12.2 Å². The molecule has 0 radical (unpaired) electrons. The van der Waals surface area contributed by atoms with Crippen molar-refractivity contribution < 1.29 is 9.84 Å². The molecule has 0 aromatic rings. The molecule has 20 heavy (non-hydrogen) atoms. The van der Waals surface area contributed by atoms with E-state index >= 15 is 0 Å². The maximum atomic E-state index is 11.5. The van der Waals surface area contributed by atoms with Crippen LogP contribution in [0.3, 0.4) is 0 Å². The Kier molecular flexibility index (Phi) is 2.15. The molecule has 1 saturated heterocycles. The molecule has 0 aromatic carbocycles. The lowest BCUT2D eigenvalue weighted by molar-refractivity contribution is -0.139. The number of epoxide rings is 1. The van der Waals surface area contributed by atoms with Crippen molar-refractivity contribution in [3.63, 3.8) is 0 Å². The third-order valence-electron chi connectivity index (χ3n) is 7.85. The summed E-state index contributed by atoms with van der Waals surface area (Å²) in [6.45, 7) is 2.52. The van der Waals surface area contributed by atoms with E-state index in [0.717, 1.165) is 24.7 Å². The van der Waals surface area contributed by atoms with Crippen molar-refractivity contribution in [2.75, 3.05) is 0 Å². The Morgan fingerprint density at radius 2 is 2.00 bits per heavy atom. The third-order valence-corrected chi connectivity index (χ3v) is 7.85. The van der Waals surface area contributed by atoms with E-state index in [-0.39, 0.29) is 5.60 Å². The van der Waals surface area contributed by atoms with Gasteiger partial charge in [-0.05, 0) is 68.1 Å². The summed E-state index contributed by atoms with van der Waals surface area (Å²) in [5, 5.41) is 11.5. The van der Waals surface area contributed by atoms with E-state index in [1.165, 1.54) is 38.5 Å². The fourth-order valence-electron chi connectivity index (χ4n) is 6.79. The van der Waals surface area contributed by atoms with Gasteiger partial charge in [-0.3, -0.25) is 0 Å². The van der Waals surface area contributed by atoms with Crippen molar-refractivity contribution in [3.05, 3.63) is 12.2 Å². The number of hydrogen-bond donors (Lipinski definition) is 1. The second-order valence-electron chi connectivity index (χ2n) is 8.46. The molecule has 0 amide bonds. The lowest BCUT2D eigenvalue weighted by Crippen LogP contribution is -2.61. The van der Waals surface area contributed by atoms with Gasteiger partial charge in [-0.1, -0.05) is 25.5 Å². The first-order valence-electron chi connectivity index (χ1n) is 8.67. The highest BCUT2D eigenvalue weighted by molar-refractivity contribution is 5.32. The minimum absolute atomic E-state index is 0.185. The topological polar surface area (TPSA) is 32.8 Å². The van der Waals surface area contributed by atoms with Crippen molar-refractivity contribution >= 4 is 0 Å². The van der Waals surface area contributed by atoms with Crippen molar-refractivity contribution in [2.24, 2.45) is 23.2 Å². The first-order valence-corrected chi connectivity index (χ1v) is 8.67. The molecule has 0 bridgehead atoms. The zero-order chi connectivity index (χ0) is 13.6. The molecule has 1 heterocycles. The summed E-state index contributed by atoms with van der Waals surface area (Å²) in [4.78, 5) is 0. The van der Waals surface area contributed by atoms with Gasteiger partial charge < -0.3 is 9.84 Å². The lowest BCUT2D eigenvalue weighted by atomic mass is 9.50. The van der Waals surface area contributed by atoms with Gasteiger partial charge in [0.15, 0.2) is 0 Å². The van der Waals surface area contributed by atoms with Crippen molar-refractivity contribution in [3.8, 4) is 0 Å². The SMILES string of the molecule is C[C@@]12CCC[C@H]1[C@@H]1CCC34OC3CC=CC4(O)[C@H]1CC2. The number of aliphatic hydroxyl groups is 1. The van der Waals surface area contributed by atoms with Crippen LogP contribution in [0, 0.1) is 23.2 Å². The molecule has 5 aliphatic rings. The van der Waals surface area contributed by atoms with Crippen LogP contribution in [-0.4, -0.2) is 22.4 Å². The molecule has 110 valence electrons. The Hall–Kier alpha value is -0.340. The summed E-state index contributed by atoms with van der Waals surface area (Å²) >= 11 is 0. The average Bonchev–Trinajstić information content (AvgIpc) is 3.01. The molecule has 1 aliphatic heterocycles. The van der Waals surface area contributed by atoms with Crippen LogP contribution in [0.1, 0.15) is 58.3 Å². The minimum atomic E-state index is -0.650. The molecule has 2 heteroatoms. The molecule has 2 nitrogen and oxygen atoms in total. The molecule has 4 aliphatic carbocycles. The summed E-state index contributed by atoms with van der Waals surface area (Å²) in [7, 11) is 0. The van der Waals surface area contributed by atoms with Gasteiger partial charge in [-0.2, -0.15) is 0 Å². The highest BCUT2D eigenvalue weighted by Gasteiger charge is 2.74. The highest BCUT2D eigenvalue weighted by atomic mass is 16.6. The fourth-order valence-corrected chi connectivity index (χ4v) is 6.79. The first-order chi connectivity index (χ1) is 9.59. The van der Waals surface area contributed by atoms with Crippen molar-refractivity contribution in [1.82, 2.24) is 0 Å². The molecule has 5 rings (SSSR count). The number of hydrogen-bond acceptors (Lipinski definition) is 2. The van der Waals surface area contributed by atoms with E-state index in [4.69, 9.17) is 4.74 Å². The van der Waals surface area contributed by atoms with E-state index < -0.39 is 5.60 Å². The molecule has 3 unspecified atom stereocenters. The minimum Gasteiger partial charge on any atom is -0.382 e. The summed E-state index contributed by atoms with van der Waals surface area (Å²) in [5.74, 6) is 2.05. The van der Waals surface area contributed by atoms with Gasteiger partial charge >= 0.3 is 0 Å². The monoisotopic (exact) mass is 274 g/mol. The first kappa shape index (κ1) is 12.2. The average molecular weight is 274 g/mol. The van der Waals surface area contributed by atoms with Gasteiger partial charge in [-0.25, -0.2) is 0 Å². The standard InChI is InChI=1S/C18H26O2/c1-16-8-2-4-13(16)12-6-11-18-15(20-18)5-3-9-17(18,19)14(12)7-10-16/h3,9,12-15,19H,2,4-8,10-11H2,1H3/t12-,13-,14-,15?,16-,17?,18?/m0/s1. The predicted molar refractivity (Wildman–Crippen MR) is 77.2 cm³/mol. The molecule has 1 N–H and O–H groups in total. The van der Waals surface area contributed by atoms with Crippen molar-refractivity contribution in [2.45, 2.75) is 75.6 Å². The molecule has 0 aromatic heterocycles. The van der Waals surface area contributed by atoms with Gasteiger partial charge in [0.25, 0.3) is 0 Å². The quantitative estimate of drug-likeness (QED) is 0.542. The van der Waals surface area contributed by atoms with E-state index in [9.17, 15) is 5.11 Å². The third kappa shape index (κ3) is 1.21. The molecule has 4 fully saturated rings. The second kappa shape index (κ2) is 3.52. The lowest BCUT2D eigenvalue weighted by Gasteiger charge is -2.56. The number of ether oxygens (including phenoxy) is 1.